The Kier molecular flexibility index (Phi) is 6.71. The average molecular weight is 448 g/mol. The van der Waals surface area contributed by atoms with Crippen LogP contribution in [0.5, 0.6) is 0 Å². The lowest BCUT2D eigenvalue weighted by Crippen LogP contribution is -2.37. The van der Waals surface area contributed by atoms with Gasteiger partial charge in [0.1, 0.15) is 5.15 Å². The van der Waals surface area contributed by atoms with E-state index in [0.29, 0.717) is 27.3 Å². The Balaban J connectivity index is 2.42. The van der Waals surface area contributed by atoms with Crippen molar-refractivity contribution in [3.8, 4) is 0 Å². The molecular weight excluding hydrogens is 430 g/mol. The largest absolute Gasteiger partial charge is 0.441 e. The smallest absolute Gasteiger partial charge is 0.304 e. The Morgan fingerprint density at radius 3 is 1.97 bits per heavy atom. The quantitative estimate of drug-likeness (QED) is 0.241. The van der Waals surface area contributed by atoms with Crippen molar-refractivity contribution >= 4 is 41.1 Å². The van der Waals surface area contributed by atoms with Crippen LogP contribution in [0.4, 0.5) is 0 Å². The summed E-state index contributed by atoms with van der Waals surface area (Å²) in [6.45, 7) is 3.16. The van der Waals surface area contributed by atoms with E-state index >= 15 is 0 Å². The predicted molar refractivity (Wildman–Crippen MR) is 113 cm³/mol. The number of hydrogen-bond donors (Lipinski definition) is 0. The lowest BCUT2D eigenvalue weighted by molar-refractivity contribution is -0.151. The maximum Gasteiger partial charge on any atom is 0.304 e. The summed E-state index contributed by atoms with van der Waals surface area (Å²) in [7, 11) is 0. The number of esters is 1. The molecule has 3 aromatic rings. The van der Waals surface area contributed by atoms with Gasteiger partial charge in [0.25, 0.3) is 0 Å². The third kappa shape index (κ3) is 4.36. The van der Waals surface area contributed by atoms with Gasteiger partial charge in [0.15, 0.2) is 10.3 Å². The van der Waals surface area contributed by atoms with Crippen molar-refractivity contribution in [1.82, 2.24) is 24.9 Å². The topological polar surface area (TPSA) is 90.8 Å². The lowest BCUT2D eigenvalue weighted by Gasteiger charge is -2.33. The molecule has 0 amide bonds. The van der Waals surface area contributed by atoms with Crippen LogP contribution in [0.25, 0.3) is 0 Å². The van der Waals surface area contributed by atoms with Crippen molar-refractivity contribution in [1.29, 1.82) is 0 Å². The Bertz CT molecular complexity index is 1000. The number of aromatic nitrogens is 5. The number of nitrogens with zero attached hydrogens (tertiary/aromatic N) is 5. The van der Waals surface area contributed by atoms with E-state index < -0.39 is 11.6 Å². The van der Waals surface area contributed by atoms with E-state index in [-0.39, 0.29) is 5.15 Å². The normalized spacial score (nSPS) is 11.3. The number of carbonyl (C=O) groups excluding carboxylic acids is 1. The third-order valence-electron chi connectivity index (χ3n) is 4.02. The highest BCUT2D eigenvalue weighted by Crippen LogP contribution is 2.42. The number of rotatable bonds is 6. The highest BCUT2D eigenvalue weighted by molar-refractivity contribution is 7.98. The lowest BCUT2D eigenvalue weighted by atomic mass is 9.87. The van der Waals surface area contributed by atoms with Crippen LogP contribution in [-0.4, -0.2) is 43.4 Å². The summed E-state index contributed by atoms with van der Waals surface area (Å²) >= 11 is 9.29. The van der Waals surface area contributed by atoms with E-state index in [1.807, 2.05) is 19.4 Å². The first-order valence-electron chi connectivity index (χ1n) is 8.49. The zero-order valence-electron chi connectivity index (χ0n) is 16.2. The molecule has 7 nitrogen and oxygen atoms in total. The number of aryl methyl sites for hydroxylation is 1. The number of carbonyl (C=O) groups is 1. The number of pyridine rings is 1. The van der Waals surface area contributed by atoms with Crippen LogP contribution in [0, 0.1) is 6.92 Å². The van der Waals surface area contributed by atoms with Crippen LogP contribution in [0.2, 0.25) is 5.15 Å². The van der Waals surface area contributed by atoms with Crippen molar-refractivity contribution in [3.05, 3.63) is 64.5 Å². The maximum absolute atomic E-state index is 12.3. The Hall–Kier alpha value is -2.23. The Labute approximate surface area is 182 Å². The van der Waals surface area contributed by atoms with Crippen LogP contribution in [0.3, 0.4) is 0 Å². The molecule has 150 valence electrons. The fourth-order valence-electron chi connectivity index (χ4n) is 2.84. The number of hydrogen-bond acceptors (Lipinski definition) is 9. The fourth-order valence-corrected chi connectivity index (χ4v) is 3.88. The number of thioether (sulfide) groups is 2. The van der Waals surface area contributed by atoms with Crippen LogP contribution >= 0.6 is 35.1 Å². The van der Waals surface area contributed by atoms with Gasteiger partial charge in [-0.3, -0.25) is 4.79 Å². The second kappa shape index (κ2) is 9.06. The van der Waals surface area contributed by atoms with Gasteiger partial charge in [0.05, 0.1) is 11.4 Å². The molecule has 3 heterocycles. The Morgan fingerprint density at radius 1 is 0.966 bits per heavy atom. The minimum atomic E-state index is -1.51. The molecular formula is C19H18ClN5O2S2. The van der Waals surface area contributed by atoms with Gasteiger partial charge in [-0.2, -0.15) is 0 Å². The molecule has 10 heteroatoms. The van der Waals surface area contributed by atoms with Gasteiger partial charge in [-0.1, -0.05) is 35.1 Å². The molecule has 3 rings (SSSR count). The van der Waals surface area contributed by atoms with Crippen LogP contribution < -0.4 is 0 Å². The summed E-state index contributed by atoms with van der Waals surface area (Å²) < 4.78 is 5.95. The molecule has 0 unspecified atom stereocenters. The zero-order valence-corrected chi connectivity index (χ0v) is 18.6. The molecule has 0 radical (unpaired) electrons. The Morgan fingerprint density at radius 2 is 1.52 bits per heavy atom. The summed E-state index contributed by atoms with van der Waals surface area (Å²) in [6.07, 6.45) is 6.95. The first-order valence-corrected chi connectivity index (χ1v) is 11.3. The molecule has 0 aromatic carbocycles. The molecule has 3 aromatic heterocycles. The van der Waals surface area contributed by atoms with Gasteiger partial charge in [-0.25, -0.2) is 24.9 Å². The van der Waals surface area contributed by atoms with Gasteiger partial charge >= 0.3 is 5.97 Å². The minimum absolute atomic E-state index is 0.194. The fraction of sp³-hybridized carbons (Fsp3) is 0.263. The standard InChI is InChI=1S/C19H18ClN5O2S2/c1-11-5-6-13(16(20)23-11)19(27-12(2)26,14-7-9-21-17(24-14)28-3)15-8-10-22-18(25-15)29-4/h5-10H,1-4H3. The molecule has 0 bridgehead atoms. The second-order valence-corrected chi connectivity index (χ2v) is 7.83. The maximum atomic E-state index is 12.3. The summed E-state index contributed by atoms with van der Waals surface area (Å²) in [5, 5.41) is 1.24. The van der Waals surface area contributed by atoms with Crippen molar-refractivity contribution < 1.29 is 9.53 Å². The molecule has 0 aliphatic heterocycles. The molecule has 0 fully saturated rings. The highest BCUT2D eigenvalue weighted by atomic mass is 35.5. The SMILES string of the molecule is CSc1nccc(C(OC(C)=O)(c2ccnc(SC)n2)c2ccc(C)nc2Cl)n1. The van der Waals surface area contributed by atoms with E-state index in [9.17, 15) is 4.79 Å². The first kappa shape index (κ1) is 21.5. The number of halogens is 1. The molecule has 0 aliphatic carbocycles. The molecule has 0 saturated carbocycles. The van der Waals surface area contributed by atoms with Crippen molar-refractivity contribution in [3.63, 3.8) is 0 Å². The van der Waals surface area contributed by atoms with Gasteiger partial charge in [0.2, 0.25) is 5.60 Å². The van der Waals surface area contributed by atoms with Crippen molar-refractivity contribution in [2.24, 2.45) is 0 Å². The zero-order chi connectivity index (χ0) is 21.0. The van der Waals surface area contributed by atoms with E-state index in [0.717, 1.165) is 5.69 Å². The van der Waals surface area contributed by atoms with Crippen molar-refractivity contribution in [2.45, 2.75) is 29.8 Å². The van der Waals surface area contributed by atoms with Gasteiger partial charge < -0.3 is 4.74 Å². The van der Waals surface area contributed by atoms with Crippen molar-refractivity contribution in [2.75, 3.05) is 12.5 Å². The highest BCUT2D eigenvalue weighted by Gasteiger charge is 2.45. The molecule has 29 heavy (non-hydrogen) atoms. The summed E-state index contributed by atoms with van der Waals surface area (Å²) in [5.41, 5.74) is 0.521. The van der Waals surface area contributed by atoms with Crippen LogP contribution in [0.1, 0.15) is 29.6 Å². The molecule has 0 saturated heterocycles. The molecule has 0 N–H and O–H groups in total. The molecule has 0 spiro atoms. The average Bonchev–Trinajstić information content (AvgIpc) is 2.72. The second-order valence-electron chi connectivity index (χ2n) is 5.92. The van der Waals surface area contributed by atoms with Gasteiger partial charge in [0, 0.05) is 30.6 Å². The number of ether oxygens (including phenoxy) is 1. The van der Waals surface area contributed by atoms with Gasteiger partial charge in [-0.05, 0) is 43.7 Å². The van der Waals surface area contributed by atoms with E-state index in [1.54, 1.807) is 36.7 Å². The molecule has 0 aliphatic rings. The molecule has 0 atom stereocenters. The summed E-state index contributed by atoms with van der Waals surface area (Å²) in [4.78, 5) is 34.3. The van der Waals surface area contributed by atoms with E-state index in [1.165, 1.54) is 30.4 Å². The predicted octanol–water partition coefficient (Wildman–Crippen LogP) is 3.92. The summed E-state index contributed by atoms with van der Waals surface area (Å²) in [6, 6.07) is 6.93. The van der Waals surface area contributed by atoms with Gasteiger partial charge in [-0.15, -0.1) is 0 Å². The monoisotopic (exact) mass is 447 g/mol. The van der Waals surface area contributed by atoms with E-state index in [2.05, 4.69) is 24.9 Å². The van der Waals surface area contributed by atoms with Crippen LogP contribution in [0.15, 0.2) is 47.0 Å². The van der Waals surface area contributed by atoms with Crippen LogP contribution in [-0.2, 0) is 15.1 Å². The minimum Gasteiger partial charge on any atom is -0.441 e. The summed E-state index contributed by atoms with van der Waals surface area (Å²) in [5.74, 6) is -0.518. The third-order valence-corrected chi connectivity index (χ3v) is 5.43. The van der Waals surface area contributed by atoms with E-state index in [4.69, 9.17) is 16.3 Å². The first-order chi connectivity index (χ1) is 13.9.